The summed E-state index contributed by atoms with van der Waals surface area (Å²) in [6.45, 7) is 10.7. The van der Waals surface area contributed by atoms with E-state index in [4.69, 9.17) is 4.74 Å². The third-order valence-corrected chi connectivity index (χ3v) is 9.06. The molecule has 1 aromatic heterocycles. The van der Waals surface area contributed by atoms with Gasteiger partial charge in [0.05, 0.1) is 31.2 Å². The second-order valence-corrected chi connectivity index (χ2v) is 16.8. The standard InChI is InChI=1S/C38H53N5O7S/c1-37(2,3)32(42-36(47)50-7)34(45)40-28(22-26-17-19-27(20-18-26)29-16-12-13-21-39-29)24-31(44)30(23-25-14-10-9-11-15-25)41-35(46)33(38(4,5)6)43-51(8,48)49/h9-21,28,30-33,43-44H,22-24H2,1-8H3,(H,40,45)(H,41,46)(H,42,47)/t28-,30-,31?,32+,33+/m0/s1. The quantitative estimate of drug-likeness (QED) is 0.156. The number of aliphatic hydroxyl groups is 1. The molecule has 278 valence electrons. The van der Waals surface area contributed by atoms with Gasteiger partial charge in [0.25, 0.3) is 0 Å². The third-order valence-electron chi connectivity index (χ3n) is 8.40. The van der Waals surface area contributed by atoms with Gasteiger partial charge in [-0.25, -0.2) is 17.9 Å². The van der Waals surface area contributed by atoms with Gasteiger partial charge in [-0.15, -0.1) is 0 Å². The molecule has 3 rings (SSSR count). The van der Waals surface area contributed by atoms with E-state index in [2.05, 4.69) is 25.7 Å². The van der Waals surface area contributed by atoms with Gasteiger partial charge in [0.2, 0.25) is 21.8 Å². The number of carbonyl (C=O) groups is 3. The number of pyridine rings is 1. The van der Waals surface area contributed by atoms with E-state index >= 15 is 0 Å². The van der Waals surface area contributed by atoms with Crippen LogP contribution in [0.5, 0.6) is 0 Å². The lowest BCUT2D eigenvalue weighted by atomic mass is 9.85. The summed E-state index contributed by atoms with van der Waals surface area (Å²) in [6.07, 6.45) is 1.33. The van der Waals surface area contributed by atoms with Crippen molar-refractivity contribution >= 4 is 27.9 Å². The number of nitrogens with zero attached hydrogens (tertiary/aromatic N) is 1. The van der Waals surface area contributed by atoms with E-state index in [1.54, 1.807) is 27.0 Å². The molecule has 1 unspecified atom stereocenters. The summed E-state index contributed by atoms with van der Waals surface area (Å²) in [6, 6.07) is 19.1. The van der Waals surface area contributed by atoms with Crippen LogP contribution in [0.4, 0.5) is 4.79 Å². The molecule has 0 aliphatic heterocycles. The average Bonchev–Trinajstić information content (AvgIpc) is 3.05. The van der Waals surface area contributed by atoms with Crippen molar-refractivity contribution in [2.45, 2.75) is 91.1 Å². The maximum atomic E-state index is 13.8. The molecule has 0 aliphatic rings. The Kier molecular flexibility index (Phi) is 14.3. The Labute approximate surface area is 302 Å². The number of rotatable bonds is 15. The molecule has 13 heteroatoms. The van der Waals surface area contributed by atoms with Gasteiger partial charge in [0.1, 0.15) is 12.1 Å². The zero-order valence-electron chi connectivity index (χ0n) is 30.8. The molecule has 12 nitrogen and oxygen atoms in total. The van der Waals surface area contributed by atoms with Gasteiger partial charge < -0.3 is 25.8 Å². The Bertz CT molecular complexity index is 1690. The van der Waals surface area contributed by atoms with Crippen LogP contribution in [-0.2, 0) is 37.2 Å². The second kappa shape index (κ2) is 17.7. The fraction of sp³-hybridized carbons (Fsp3) is 0.474. The Morgan fingerprint density at radius 1 is 0.765 bits per heavy atom. The van der Waals surface area contributed by atoms with Gasteiger partial charge in [-0.2, -0.15) is 0 Å². The van der Waals surface area contributed by atoms with E-state index < -0.39 is 69.0 Å². The number of amides is 3. The van der Waals surface area contributed by atoms with Crippen LogP contribution in [0.15, 0.2) is 79.0 Å². The minimum atomic E-state index is -3.75. The molecule has 0 bridgehead atoms. The number of aromatic nitrogens is 1. The zero-order chi connectivity index (χ0) is 38.0. The number of nitrogens with one attached hydrogen (secondary N) is 4. The maximum Gasteiger partial charge on any atom is 0.407 e. The van der Waals surface area contributed by atoms with Crippen molar-refractivity contribution in [1.82, 2.24) is 25.7 Å². The van der Waals surface area contributed by atoms with Crippen LogP contribution in [0.1, 0.15) is 59.1 Å². The number of benzene rings is 2. The van der Waals surface area contributed by atoms with Gasteiger partial charge >= 0.3 is 6.09 Å². The summed E-state index contributed by atoms with van der Waals surface area (Å²) < 4.78 is 31.7. The SMILES string of the molecule is COC(=O)N[C@H](C(=O)N[C@@H](Cc1ccc(-c2ccccn2)cc1)CC(O)[C@H](Cc1ccccc1)NC(=O)[C@@H](NS(C)(=O)=O)C(C)(C)C)C(C)(C)C. The molecule has 3 amide bonds. The van der Waals surface area contributed by atoms with Gasteiger partial charge in [-0.3, -0.25) is 14.6 Å². The van der Waals surface area contributed by atoms with Gasteiger partial charge in [0.15, 0.2) is 0 Å². The van der Waals surface area contributed by atoms with Crippen molar-refractivity contribution in [2.24, 2.45) is 10.8 Å². The minimum absolute atomic E-state index is 0.0142. The summed E-state index contributed by atoms with van der Waals surface area (Å²) in [5, 5.41) is 20.5. The van der Waals surface area contributed by atoms with Gasteiger partial charge in [-0.1, -0.05) is 102 Å². The predicted molar refractivity (Wildman–Crippen MR) is 198 cm³/mol. The molecule has 1 heterocycles. The largest absolute Gasteiger partial charge is 0.453 e. The number of methoxy groups -OCH3 is 1. The van der Waals surface area contributed by atoms with Gasteiger partial charge in [0, 0.05) is 17.8 Å². The first kappa shape index (κ1) is 41.1. The lowest BCUT2D eigenvalue weighted by molar-refractivity contribution is -0.128. The molecule has 0 saturated heterocycles. The molecule has 0 spiro atoms. The van der Waals surface area contributed by atoms with E-state index in [1.807, 2.05) is 93.6 Å². The van der Waals surface area contributed by atoms with E-state index in [0.29, 0.717) is 6.42 Å². The number of carbonyl (C=O) groups excluding carboxylic acids is 3. The van der Waals surface area contributed by atoms with Gasteiger partial charge in [-0.05, 0) is 53.4 Å². The maximum absolute atomic E-state index is 13.8. The fourth-order valence-corrected chi connectivity index (χ4v) is 6.56. The topological polar surface area (TPSA) is 176 Å². The molecule has 0 saturated carbocycles. The van der Waals surface area contributed by atoms with E-state index in [1.165, 1.54) is 7.11 Å². The van der Waals surface area contributed by atoms with E-state index in [-0.39, 0.29) is 12.8 Å². The number of sulfonamides is 1. The first-order valence-corrected chi connectivity index (χ1v) is 18.8. The Morgan fingerprint density at radius 3 is 1.86 bits per heavy atom. The molecule has 0 fully saturated rings. The Balaban J connectivity index is 1.97. The van der Waals surface area contributed by atoms with Crippen LogP contribution < -0.4 is 20.7 Å². The molecule has 3 aromatic rings. The van der Waals surface area contributed by atoms with Crippen molar-refractivity contribution in [3.63, 3.8) is 0 Å². The molecule has 5 N–H and O–H groups in total. The highest BCUT2D eigenvalue weighted by Crippen LogP contribution is 2.24. The number of hydrogen-bond donors (Lipinski definition) is 5. The molecular formula is C38H53N5O7S. The monoisotopic (exact) mass is 723 g/mol. The summed E-state index contributed by atoms with van der Waals surface area (Å²) in [5.41, 5.74) is 1.95. The van der Waals surface area contributed by atoms with Crippen LogP contribution in [0.3, 0.4) is 0 Å². The molecule has 5 atom stereocenters. The normalized spacial score (nSPS) is 15.1. The zero-order valence-corrected chi connectivity index (χ0v) is 31.6. The highest BCUT2D eigenvalue weighted by atomic mass is 32.2. The Morgan fingerprint density at radius 2 is 1.33 bits per heavy atom. The van der Waals surface area contributed by atoms with E-state index in [0.717, 1.165) is 28.6 Å². The molecular weight excluding hydrogens is 671 g/mol. The molecule has 51 heavy (non-hydrogen) atoms. The summed E-state index contributed by atoms with van der Waals surface area (Å²) >= 11 is 0. The summed E-state index contributed by atoms with van der Waals surface area (Å²) in [4.78, 5) is 44.2. The first-order valence-electron chi connectivity index (χ1n) is 16.9. The number of ether oxygens (including phenoxy) is 1. The predicted octanol–water partition coefficient (Wildman–Crippen LogP) is 3.99. The second-order valence-electron chi connectivity index (χ2n) is 15.1. The summed E-state index contributed by atoms with van der Waals surface area (Å²) in [7, 11) is -2.53. The number of aliphatic hydroxyl groups excluding tert-OH is 1. The molecule has 0 aliphatic carbocycles. The first-order chi connectivity index (χ1) is 23.8. The number of hydrogen-bond acceptors (Lipinski definition) is 8. The molecule has 2 aromatic carbocycles. The van der Waals surface area contributed by atoms with Crippen LogP contribution >= 0.6 is 0 Å². The van der Waals surface area contributed by atoms with E-state index in [9.17, 15) is 27.9 Å². The highest BCUT2D eigenvalue weighted by molar-refractivity contribution is 7.88. The minimum Gasteiger partial charge on any atom is -0.453 e. The van der Waals surface area contributed by atoms with Crippen molar-refractivity contribution in [3.8, 4) is 11.3 Å². The van der Waals surface area contributed by atoms with Crippen molar-refractivity contribution in [3.05, 3.63) is 90.1 Å². The van der Waals surface area contributed by atoms with Crippen LogP contribution in [0, 0.1) is 10.8 Å². The average molecular weight is 724 g/mol. The van der Waals surface area contributed by atoms with Crippen molar-refractivity contribution < 1.29 is 32.6 Å². The summed E-state index contributed by atoms with van der Waals surface area (Å²) in [5.74, 6) is -1.06. The lowest BCUT2D eigenvalue weighted by Gasteiger charge is -2.34. The van der Waals surface area contributed by atoms with Crippen molar-refractivity contribution in [1.29, 1.82) is 0 Å². The van der Waals surface area contributed by atoms with Crippen molar-refractivity contribution in [2.75, 3.05) is 13.4 Å². The van der Waals surface area contributed by atoms with Crippen LogP contribution in [0.2, 0.25) is 0 Å². The Hall–Kier alpha value is -4.33. The number of alkyl carbamates (subject to hydrolysis) is 1. The fourth-order valence-electron chi connectivity index (χ4n) is 5.67. The third kappa shape index (κ3) is 13.4. The van der Waals surface area contributed by atoms with Crippen LogP contribution in [0.25, 0.3) is 11.3 Å². The molecule has 0 radical (unpaired) electrons. The highest BCUT2D eigenvalue weighted by Gasteiger charge is 2.38. The smallest absolute Gasteiger partial charge is 0.407 e. The lowest BCUT2D eigenvalue weighted by Crippen LogP contribution is -2.58. The van der Waals surface area contributed by atoms with Crippen LogP contribution in [-0.4, -0.2) is 80.1 Å².